The van der Waals surface area contributed by atoms with Crippen LogP contribution in [0.15, 0.2) is 24.3 Å². The zero-order chi connectivity index (χ0) is 10.7. The highest BCUT2D eigenvalue weighted by Crippen LogP contribution is 2.32. The summed E-state index contributed by atoms with van der Waals surface area (Å²) in [5.74, 6) is 0.787. The SMILES string of the molecule is CCOc1ccccc1-c1nsnc1Cl. The first kappa shape index (κ1) is 10.4. The molecule has 1 heterocycles. The summed E-state index contributed by atoms with van der Waals surface area (Å²) in [5.41, 5.74) is 1.57. The Bertz CT molecular complexity index is 458. The van der Waals surface area contributed by atoms with Crippen molar-refractivity contribution >= 4 is 23.3 Å². The molecule has 0 unspecified atom stereocenters. The molecule has 0 aliphatic carbocycles. The lowest BCUT2D eigenvalue weighted by atomic mass is 10.1. The van der Waals surface area contributed by atoms with Gasteiger partial charge in [-0.15, -0.1) is 0 Å². The Morgan fingerprint density at radius 2 is 2.13 bits per heavy atom. The number of halogens is 1. The Balaban J connectivity index is 2.48. The molecule has 0 spiro atoms. The Hall–Kier alpha value is -1.13. The molecule has 2 aromatic rings. The zero-order valence-electron chi connectivity index (χ0n) is 8.11. The van der Waals surface area contributed by atoms with E-state index >= 15 is 0 Å². The molecule has 5 heteroatoms. The second-order valence-electron chi connectivity index (χ2n) is 2.83. The summed E-state index contributed by atoms with van der Waals surface area (Å²) in [6, 6.07) is 7.66. The predicted molar refractivity (Wildman–Crippen MR) is 61.5 cm³/mol. The van der Waals surface area contributed by atoms with Gasteiger partial charge in [0.05, 0.1) is 18.3 Å². The van der Waals surface area contributed by atoms with Crippen molar-refractivity contribution in [3.8, 4) is 17.0 Å². The summed E-state index contributed by atoms with van der Waals surface area (Å²) >= 11 is 7.03. The molecular formula is C10H9ClN2OS. The van der Waals surface area contributed by atoms with Crippen LogP contribution in [0.25, 0.3) is 11.3 Å². The molecule has 0 radical (unpaired) electrons. The van der Waals surface area contributed by atoms with Gasteiger partial charge in [-0.3, -0.25) is 0 Å². The molecule has 15 heavy (non-hydrogen) atoms. The van der Waals surface area contributed by atoms with Gasteiger partial charge in [-0.05, 0) is 19.1 Å². The number of aromatic nitrogens is 2. The molecule has 2 rings (SSSR count). The van der Waals surface area contributed by atoms with Crippen LogP contribution in [0.4, 0.5) is 0 Å². The number of hydrogen-bond donors (Lipinski definition) is 0. The first-order chi connectivity index (χ1) is 7.33. The summed E-state index contributed by atoms with van der Waals surface area (Å²) in [6.45, 7) is 2.56. The number of hydrogen-bond acceptors (Lipinski definition) is 4. The van der Waals surface area contributed by atoms with Crippen molar-refractivity contribution < 1.29 is 4.74 Å². The van der Waals surface area contributed by atoms with Gasteiger partial charge < -0.3 is 4.74 Å². The third-order valence-electron chi connectivity index (χ3n) is 1.89. The average Bonchev–Trinajstić information content (AvgIpc) is 2.66. The van der Waals surface area contributed by atoms with Gasteiger partial charge >= 0.3 is 0 Å². The molecule has 0 atom stereocenters. The van der Waals surface area contributed by atoms with E-state index in [1.807, 2.05) is 31.2 Å². The fraction of sp³-hybridized carbons (Fsp3) is 0.200. The Kier molecular flexibility index (Phi) is 3.18. The molecule has 0 bridgehead atoms. The molecule has 0 aliphatic rings. The highest BCUT2D eigenvalue weighted by molar-refractivity contribution is 6.99. The smallest absolute Gasteiger partial charge is 0.171 e. The van der Waals surface area contributed by atoms with Gasteiger partial charge in [0.15, 0.2) is 5.15 Å². The van der Waals surface area contributed by atoms with Gasteiger partial charge in [0, 0.05) is 5.56 Å². The topological polar surface area (TPSA) is 35.0 Å². The number of ether oxygens (including phenoxy) is 1. The third kappa shape index (κ3) is 2.11. The fourth-order valence-corrected chi connectivity index (χ4v) is 2.03. The molecule has 0 saturated heterocycles. The molecule has 0 saturated carbocycles. The van der Waals surface area contributed by atoms with E-state index in [1.165, 1.54) is 0 Å². The minimum Gasteiger partial charge on any atom is -0.493 e. The van der Waals surface area contributed by atoms with Gasteiger partial charge in [0.1, 0.15) is 11.4 Å². The van der Waals surface area contributed by atoms with Crippen molar-refractivity contribution in [2.24, 2.45) is 0 Å². The Labute approximate surface area is 97.0 Å². The second-order valence-corrected chi connectivity index (χ2v) is 3.72. The molecule has 78 valence electrons. The number of benzene rings is 1. The summed E-state index contributed by atoms with van der Waals surface area (Å²) < 4.78 is 13.6. The van der Waals surface area contributed by atoms with Gasteiger partial charge in [-0.25, -0.2) is 0 Å². The highest BCUT2D eigenvalue weighted by Gasteiger charge is 2.12. The lowest BCUT2D eigenvalue weighted by molar-refractivity contribution is 0.341. The van der Waals surface area contributed by atoms with Crippen LogP contribution in [0.1, 0.15) is 6.92 Å². The van der Waals surface area contributed by atoms with E-state index < -0.39 is 0 Å². The van der Waals surface area contributed by atoms with E-state index in [4.69, 9.17) is 16.3 Å². The maximum absolute atomic E-state index is 5.93. The van der Waals surface area contributed by atoms with Crippen LogP contribution in [0.5, 0.6) is 5.75 Å². The first-order valence-electron chi connectivity index (χ1n) is 4.53. The molecular weight excluding hydrogens is 232 g/mol. The molecule has 1 aromatic heterocycles. The maximum Gasteiger partial charge on any atom is 0.171 e. The molecule has 3 nitrogen and oxygen atoms in total. The largest absolute Gasteiger partial charge is 0.493 e. The molecule has 1 aromatic carbocycles. The van der Waals surface area contributed by atoms with Crippen molar-refractivity contribution in [1.82, 2.24) is 8.75 Å². The van der Waals surface area contributed by atoms with Crippen LogP contribution >= 0.6 is 23.3 Å². The molecule has 0 fully saturated rings. The summed E-state index contributed by atoms with van der Waals surface area (Å²) in [4.78, 5) is 0. The lowest BCUT2D eigenvalue weighted by Crippen LogP contribution is -1.93. The molecule has 0 amide bonds. The van der Waals surface area contributed by atoms with Crippen LogP contribution < -0.4 is 4.74 Å². The maximum atomic E-state index is 5.93. The van der Waals surface area contributed by atoms with E-state index in [-0.39, 0.29) is 0 Å². The average molecular weight is 241 g/mol. The zero-order valence-corrected chi connectivity index (χ0v) is 9.68. The Morgan fingerprint density at radius 3 is 2.80 bits per heavy atom. The van der Waals surface area contributed by atoms with Crippen LogP contribution in [-0.2, 0) is 0 Å². The van der Waals surface area contributed by atoms with Crippen LogP contribution in [0.3, 0.4) is 0 Å². The number of nitrogens with zero attached hydrogens (tertiary/aromatic N) is 2. The second kappa shape index (κ2) is 4.59. The van der Waals surface area contributed by atoms with Gasteiger partial charge in [0.2, 0.25) is 0 Å². The van der Waals surface area contributed by atoms with Gasteiger partial charge in [0.25, 0.3) is 0 Å². The fourth-order valence-electron chi connectivity index (χ4n) is 1.28. The monoisotopic (exact) mass is 240 g/mol. The van der Waals surface area contributed by atoms with Crippen molar-refractivity contribution in [3.05, 3.63) is 29.4 Å². The standard InChI is InChI=1S/C10H9ClN2OS/c1-2-14-8-6-4-3-5-7(8)9-10(11)13-15-12-9/h3-6H,2H2,1H3. The lowest BCUT2D eigenvalue weighted by Gasteiger charge is -2.07. The minimum absolute atomic E-state index is 0.423. The van der Waals surface area contributed by atoms with Crippen molar-refractivity contribution in [3.63, 3.8) is 0 Å². The van der Waals surface area contributed by atoms with E-state index in [1.54, 1.807) is 0 Å². The van der Waals surface area contributed by atoms with E-state index in [9.17, 15) is 0 Å². The Morgan fingerprint density at radius 1 is 1.33 bits per heavy atom. The van der Waals surface area contributed by atoms with Crippen LogP contribution in [-0.4, -0.2) is 15.4 Å². The van der Waals surface area contributed by atoms with Crippen LogP contribution in [0.2, 0.25) is 5.15 Å². The normalized spacial score (nSPS) is 10.3. The summed E-state index contributed by atoms with van der Waals surface area (Å²) in [7, 11) is 0. The van der Waals surface area contributed by atoms with E-state index in [0.717, 1.165) is 23.0 Å². The molecule has 0 aliphatic heterocycles. The van der Waals surface area contributed by atoms with Gasteiger partial charge in [-0.2, -0.15) is 8.75 Å². The predicted octanol–water partition coefficient (Wildman–Crippen LogP) is 3.26. The summed E-state index contributed by atoms with van der Waals surface area (Å²) in [6.07, 6.45) is 0. The first-order valence-corrected chi connectivity index (χ1v) is 5.64. The van der Waals surface area contributed by atoms with E-state index in [0.29, 0.717) is 17.5 Å². The number of para-hydroxylation sites is 1. The van der Waals surface area contributed by atoms with E-state index in [2.05, 4.69) is 8.75 Å². The number of rotatable bonds is 3. The molecule has 0 N–H and O–H groups in total. The third-order valence-corrected chi connectivity index (χ3v) is 2.78. The van der Waals surface area contributed by atoms with Crippen LogP contribution in [0, 0.1) is 0 Å². The highest BCUT2D eigenvalue weighted by atomic mass is 35.5. The summed E-state index contributed by atoms with van der Waals surface area (Å²) in [5, 5.41) is 0.423. The van der Waals surface area contributed by atoms with Gasteiger partial charge in [-0.1, -0.05) is 23.7 Å². The minimum atomic E-state index is 0.423. The quantitative estimate of drug-likeness (QED) is 0.826. The van der Waals surface area contributed by atoms with Crippen molar-refractivity contribution in [2.45, 2.75) is 6.92 Å². The van der Waals surface area contributed by atoms with Crippen molar-refractivity contribution in [2.75, 3.05) is 6.61 Å². The van der Waals surface area contributed by atoms with Crippen molar-refractivity contribution in [1.29, 1.82) is 0 Å².